The van der Waals surface area contributed by atoms with Crippen molar-refractivity contribution < 1.29 is 18.1 Å². The first kappa shape index (κ1) is 22.4. The Kier molecular flexibility index (Phi) is 6.88. The molecule has 1 aliphatic heterocycles. The van der Waals surface area contributed by atoms with E-state index in [2.05, 4.69) is 26.3 Å². The van der Waals surface area contributed by atoms with Gasteiger partial charge in [0.2, 0.25) is 15.9 Å². The van der Waals surface area contributed by atoms with Gasteiger partial charge in [-0.1, -0.05) is 0 Å². The molecule has 0 atom stereocenters. The van der Waals surface area contributed by atoms with Crippen molar-refractivity contribution in [3.8, 4) is 0 Å². The summed E-state index contributed by atoms with van der Waals surface area (Å²) in [5.41, 5.74) is 0.712. The van der Waals surface area contributed by atoms with Gasteiger partial charge in [0.25, 0.3) is 5.69 Å². The van der Waals surface area contributed by atoms with Crippen molar-refractivity contribution in [3.05, 3.63) is 50.7 Å². The van der Waals surface area contributed by atoms with Crippen LogP contribution in [-0.4, -0.2) is 46.4 Å². The van der Waals surface area contributed by atoms with Crippen LogP contribution in [0.1, 0.15) is 25.5 Å². The number of aromatic nitrogens is 2. The van der Waals surface area contributed by atoms with Gasteiger partial charge in [-0.2, -0.15) is 9.40 Å². The molecule has 1 aliphatic rings. The number of carbonyl (C=O) groups excluding carboxylic acids is 1. The van der Waals surface area contributed by atoms with Crippen molar-refractivity contribution in [3.63, 3.8) is 0 Å². The van der Waals surface area contributed by atoms with Crippen LogP contribution < -0.4 is 5.32 Å². The van der Waals surface area contributed by atoms with E-state index in [1.165, 1.54) is 28.6 Å². The topological polar surface area (TPSA) is 127 Å². The van der Waals surface area contributed by atoms with Gasteiger partial charge in [-0.05, 0) is 47.8 Å². The molecular formula is C18H22BrN5O5S. The third kappa shape index (κ3) is 4.71. The molecule has 3 rings (SSSR count). The van der Waals surface area contributed by atoms with Gasteiger partial charge in [0.15, 0.2) is 0 Å². The maximum Gasteiger partial charge on any atom is 0.269 e. The van der Waals surface area contributed by atoms with Gasteiger partial charge in [0.1, 0.15) is 0 Å². The predicted octanol–water partition coefficient (Wildman–Crippen LogP) is 2.29. The number of benzene rings is 1. The zero-order valence-electron chi connectivity index (χ0n) is 16.3. The van der Waals surface area contributed by atoms with Gasteiger partial charge < -0.3 is 5.32 Å². The Labute approximate surface area is 182 Å². The summed E-state index contributed by atoms with van der Waals surface area (Å²) in [7, 11) is -3.75. The second kappa shape index (κ2) is 9.23. The average Bonchev–Trinajstić information content (AvgIpc) is 3.11. The van der Waals surface area contributed by atoms with E-state index < -0.39 is 14.9 Å². The summed E-state index contributed by atoms with van der Waals surface area (Å²) in [6.07, 6.45) is 2.50. The number of halogens is 1. The number of nitrogens with zero attached hydrogens (tertiary/aromatic N) is 4. The molecular weight excluding hydrogens is 478 g/mol. The molecule has 1 aromatic heterocycles. The Balaban J connectivity index is 1.57. The van der Waals surface area contributed by atoms with E-state index >= 15 is 0 Å². The van der Waals surface area contributed by atoms with Gasteiger partial charge >= 0.3 is 0 Å². The van der Waals surface area contributed by atoms with E-state index in [1.54, 1.807) is 10.9 Å². The molecule has 1 fully saturated rings. The van der Waals surface area contributed by atoms with Crippen LogP contribution in [0.5, 0.6) is 0 Å². The van der Waals surface area contributed by atoms with Crippen LogP contribution in [0.2, 0.25) is 0 Å². The maximum absolute atomic E-state index is 12.8. The number of hydrogen-bond acceptors (Lipinski definition) is 6. The highest BCUT2D eigenvalue weighted by atomic mass is 79.9. The highest BCUT2D eigenvalue weighted by Gasteiger charge is 2.32. The van der Waals surface area contributed by atoms with Crippen LogP contribution in [0.25, 0.3) is 0 Å². The minimum absolute atomic E-state index is 0.00804. The molecule has 162 valence electrons. The van der Waals surface area contributed by atoms with Crippen LogP contribution in [0, 0.1) is 16.0 Å². The number of non-ortho nitro benzene ring substituents is 1. The van der Waals surface area contributed by atoms with Gasteiger partial charge in [-0.3, -0.25) is 19.6 Å². The number of nitrogens with one attached hydrogen (secondary N) is 1. The SMILES string of the molecule is CCn1ncc(Br)c1CNC(=O)C1CCN(S(=O)(=O)c2ccc([N+](=O)[O-])cc2)CC1. The number of rotatable bonds is 7. The highest BCUT2D eigenvalue weighted by molar-refractivity contribution is 9.10. The summed E-state index contributed by atoms with van der Waals surface area (Å²) in [6, 6.07) is 4.82. The molecule has 0 spiro atoms. The van der Waals surface area contributed by atoms with Gasteiger partial charge in [0.05, 0.1) is 32.7 Å². The molecule has 2 heterocycles. The van der Waals surface area contributed by atoms with Crippen molar-refractivity contribution in [1.82, 2.24) is 19.4 Å². The standard InChI is InChI=1S/C18H22BrN5O5S/c1-2-23-17(16(19)11-21-23)12-20-18(25)13-7-9-22(10-8-13)30(28,29)15-5-3-14(4-6-15)24(26)27/h3-6,11,13H,2,7-10,12H2,1H3,(H,20,25). The van der Waals surface area contributed by atoms with E-state index in [0.29, 0.717) is 25.9 Å². The minimum atomic E-state index is -3.75. The predicted molar refractivity (Wildman–Crippen MR) is 112 cm³/mol. The van der Waals surface area contributed by atoms with Crippen LogP contribution in [0.15, 0.2) is 39.8 Å². The summed E-state index contributed by atoms with van der Waals surface area (Å²) in [5.74, 6) is -0.386. The number of aryl methyl sites for hydroxylation is 1. The number of piperidine rings is 1. The Bertz CT molecular complexity index is 1030. The van der Waals surface area contributed by atoms with E-state index in [4.69, 9.17) is 0 Å². The number of sulfonamides is 1. The van der Waals surface area contributed by atoms with E-state index in [-0.39, 0.29) is 35.5 Å². The zero-order valence-corrected chi connectivity index (χ0v) is 18.7. The number of nitro groups is 1. The van der Waals surface area contributed by atoms with Crippen LogP contribution in [0.4, 0.5) is 5.69 Å². The quantitative estimate of drug-likeness (QED) is 0.459. The van der Waals surface area contributed by atoms with E-state index in [9.17, 15) is 23.3 Å². The molecule has 1 N–H and O–H groups in total. The molecule has 1 amide bonds. The lowest BCUT2D eigenvalue weighted by Crippen LogP contribution is -2.43. The molecule has 0 unspecified atom stereocenters. The number of amides is 1. The lowest BCUT2D eigenvalue weighted by atomic mass is 9.97. The fourth-order valence-corrected chi connectivity index (χ4v) is 5.30. The second-order valence-electron chi connectivity index (χ2n) is 6.90. The van der Waals surface area contributed by atoms with Crippen molar-refractivity contribution in [2.45, 2.75) is 37.8 Å². The minimum Gasteiger partial charge on any atom is -0.350 e. The number of nitro benzene ring substituents is 1. The lowest BCUT2D eigenvalue weighted by Gasteiger charge is -2.30. The molecule has 12 heteroatoms. The maximum atomic E-state index is 12.8. The van der Waals surface area contributed by atoms with Crippen molar-refractivity contribution in [1.29, 1.82) is 0 Å². The summed E-state index contributed by atoms with van der Waals surface area (Å²) in [5, 5.41) is 17.9. The van der Waals surface area contributed by atoms with E-state index in [0.717, 1.165) is 10.2 Å². The van der Waals surface area contributed by atoms with Crippen molar-refractivity contribution >= 4 is 37.5 Å². The Morgan fingerprint density at radius 3 is 2.50 bits per heavy atom. The average molecular weight is 500 g/mol. The first-order chi connectivity index (χ1) is 14.2. The van der Waals surface area contributed by atoms with Crippen molar-refractivity contribution in [2.75, 3.05) is 13.1 Å². The molecule has 2 aromatic rings. The largest absolute Gasteiger partial charge is 0.350 e. The molecule has 1 saturated heterocycles. The Hall–Kier alpha value is -2.31. The molecule has 1 aromatic carbocycles. The second-order valence-corrected chi connectivity index (χ2v) is 9.69. The normalized spacial score (nSPS) is 15.8. The zero-order chi connectivity index (χ0) is 21.9. The van der Waals surface area contributed by atoms with E-state index in [1.807, 2.05) is 6.92 Å². The van der Waals surface area contributed by atoms with Crippen LogP contribution in [0.3, 0.4) is 0 Å². The van der Waals surface area contributed by atoms with Crippen LogP contribution >= 0.6 is 15.9 Å². The molecule has 30 heavy (non-hydrogen) atoms. The third-order valence-corrected chi connectivity index (χ3v) is 7.71. The van der Waals surface area contributed by atoms with Crippen LogP contribution in [-0.2, 0) is 27.9 Å². The lowest BCUT2D eigenvalue weighted by molar-refractivity contribution is -0.384. The molecule has 0 bridgehead atoms. The summed E-state index contributed by atoms with van der Waals surface area (Å²) >= 11 is 3.42. The number of hydrogen-bond donors (Lipinski definition) is 1. The van der Waals surface area contributed by atoms with Gasteiger partial charge in [0, 0.05) is 37.7 Å². The molecule has 0 aliphatic carbocycles. The van der Waals surface area contributed by atoms with Gasteiger partial charge in [-0.15, -0.1) is 0 Å². The third-order valence-electron chi connectivity index (χ3n) is 5.14. The summed E-state index contributed by atoms with van der Waals surface area (Å²) in [6.45, 7) is 3.43. The smallest absolute Gasteiger partial charge is 0.269 e. The van der Waals surface area contributed by atoms with Gasteiger partial charge in [-0.25, -0.2) is 8.42 Å². The van der Waals surface area contributed by atoms with Crippen molar-refractivity contribution in [2.24, 2.45) is 5.92 Å². The first-order valence-electron chi connectivity index (χ1n) is 9.46. The first-order valence-corrected chi connectivity index (χ1v) is 11.7. The Morgan fingerprint density at radius 1 is 1.30 bits per heavy atom. The Morgan fingerprint density at radius 2 is 1.93 bits per heavy atom. The highest BCUT2D eigenvalue weighted by Crippen LogP contribution is 2.25. The summed E-state index contributed by atoms with van der Waals surface area (Å²) < 4.78 is 29.5. The fraction of sp³-hybridized carbons (Fsp3) is 0.444. The molecule has 0 radical (unpaired) electrons. The number of carbonyl (C=O) groups is 1. The fourth-order valence-electron chi connectivity index (χ4n) is 3.40. The molecule has 0 saturated carbocycles. The molecule has 10 nitrogen and oxygen atoms in total. The summed E-state index contributed by atoms with van der Waals surface area (Å²) in [4.78, 5) is 22.7. The monoisotopic (exact) mass is 499 g/mol.